The quantitative estimate of drug-likeness (QED) is 0.681. The summed E-state index contributed by atoms with van der Waals surface area (Å²) in [5.74, 6) is 0.776. The molecule has 1 atom stereocenters. The summed E-state index contributed by atoms with van der Waals surface area (Å²) in [7, 11) is 0. The van der Waals surface area contributed by atoms with Crippen LogP contribution in [0.2, 0.25) is 5.02 Å². The number of benzene rings is 1. The number of halogens is 1. The van der Waals surface area contributed by atoms with Gasteiger partial charge in [0.15, 0.2) is 0 Å². The van der Waals surface area contributed by atoms with E-state index >= 15 is 0 Å². The van der Waals surface area contributed by atoms with Gasteiger partial charge in [0, 0.05) is 5.02 Å². The van der Waals surface area contributed by atoms with E-state index in [0.717, 1.165) is 12.3 Å². The first-order valence-corrected chi connectivity index (χ1v) is 8.09. The number of quaternary nitrogens is 1. The summed E-state index contributed by atoms with van der Waals surface area (Å²) in [6.45, 7) is 2.04. The number of aliphatic hydroxyl groups is 1. The molecule has 0 amide bonds. The second kappa shape index (κ2) is 9.26. The minimum absolute atomic E-state index is 0.368. The molecule has 3 N–H and O–H groups in total. The van der Waals surface area contributed by atoms with Crippen molar-refractivity contribution in [2.75, 3.05) is 26.4 Å². The van der Waals surface area contributed by atoms with Crippen molar-refractivity contribution in [3.05, 3.63) is 29.3 Å². The Bertz CT molecular complexity index is 393. The van der Waals surface area contributed by atoms with Gasteiger partial charge in [0.25, 0.3) is 0 Å². The van der Waals surface area contributed by atoms with E-state index in [1.165, 1.54) is 25.7 Å². The fourth-order valence-corrected chi connectivity index (χ4v) is 2.71. The molecule has 1 aliphatic carbocycles. The molecular formula is C16H25ClNO3+. The van der Waals surface area contributed by atoms with Gasteiger partial charge in [-0.15, -0.1) is 0 Å². The average molecular weight is 315 g/mol. The highest BCUT2D eigenvalue weighted by Crippen LogP contribution is 2.15. The van der Waals surface area contributed by atoms with Gasteiger partial charge >= 0.3 is 0 Å². The van der Waals surface area contributed by atoms with Crippen molar-refractivity contribution >= 4 is 11.6 Å². The molecule has 2 rings (SSSR count). The van der Waals surface area contributed by atoms with E-state index in [2.05, 4.69) is 5.32 Å². The lowest BCUT2D eigenvalue weighted by molar-refractivity contribution is -0.693. The first-order chi connectivity index (χ1) is 10.2. The van der Waals surface area contributed by atoms with Crippen molar-refractivity contribution < 1.29 is 19.9 Å². The molecule has 0 saturated heterocycles. The van der Waals surface area contributed by atoms with Crippen LogP contribution in [0.15, 0.2) is 24.3 Å². The van der Waals surface area contributed by atoms with Gasteiger partial charge in [0.2, 0.25) is 0 Å². The molecule has 1 aromatic rings. The van der Waals surface area contributed by atoms with Crippen LogP contribution in [0.25, 0.3) is 0 Å². The summed E-state index contributed by atoms with van der Waals surface area (Å²) >= 11 is 5.80. The van der Waals surface area contributed by atoms with Crippen LogP contribution in [0.3, 0.4) is 0 Å². The van der Waals surface area contributed by atoms with E-state index < -0.39 is 6.10 Å². The van der Waals surface area contributed by atoms with Gasteiger partial charge in [-0.25, -0.2) is 0 Å². The van der Waals surface area contributed by atoms with Crippen LogP contribution in [-0.4, -0.2) is 43.6 Å². The third-order valence-corrected chi connectivity index (χ3v) is 4.01. The molecule has 1 saturated carbocycles. The van der Waals surface area contributed by atoms with Gasteiger partial charge in [-0.05, 0) is 49.9 Å². The Morgan fingerprint density at radius 1 is 1.19 bits per heavy atom. The second-order valence-corrected chi connectivity index (χ2v) is 5.98. The van der Waals surface area contributed by atoms with E-state index in [1.54, 1.807) is 12.1 Å². The number of hydrogen-bond donors (Lipinski definition) is 2. The van der Waals surface area contributed by atoms with Gasteiger partial charge in [0.1, 0.15) is 25.0 Å². The standard InChI is InChI=1S/C16H24ClNO3/c17-13-5-7-16(8-6-13)21-10-9-20-12-15(19)11-18-14-3-1-2-4-14/h5-8,14-15,18-19H,1-4,9-12H2/p+1/t15-/m0/s1. The van der Waals surface area contributed by atoms with Gasteiger partial charge in [-0.2, -0.15) is 0 Å². The molecule has 118 valence electrons. The topological polar surface area (TPSA) is 55.3 Å². The molecule has 0 spiro atoms. The minimum atomic E-state index is -0.402. The van der Waals surface area contributed by atoms with Gasteiger partial charge in [-0.3, -0.25) is 0 Å². The molecule has 0 unspecified atom stereocenters. The first-order valence-electron chi connectivity index (χ1n) is 7.71. The predicted octanol–water partition coefficient (Wildman–Crippen LogP) is 1.60. The Balaban J connectivity index is 1.47. The number of ether oxygens (including phenoxy) is 2. The number of rotatable bonds is 9. The maximum atomic E-state index is 9.84. The molecule has 0 bridgehead atoms. The van der Waals surface area contributed by atoms with Crippen LogP contribution in [0.5, 0.6) is 5.75 Å². The Morgan fingerprint density at radius 3 is 2.62 bits per heavy atom. The minimum Gasteiger partial charge on any atom is -0.491 e. The molecule has 1 aromatic carbocycles. The van der Waals surface area contributed by atoms with E-state index in [1.807, 2.05) is 12.1 Å². The lowest BCUT2D eigenvalue weighted by Crippen LogP contribution is -2.91. The number of nitrogens with two attached hydrogens (primary N) is 1. The third kappa shape index (κ3) is 6.66. The average Bonchev–Trinajstić information content (AvgIpc) is 3.00. The molecule has 0 aromatic heterocycles. The zero-order chi connectivity index (χ0) is 14.9. The molecule has 21 heavy (non-hydrogen) atoms. The van der Waals surface area contributed by atoms with Crippen LogP contribution in [0.1, 0.15) is 25.7 Å². The Labute approximate surface area is 131 Å². The monoisotopic (exact) mass is 314 g/mol. The second-order valence-electron chi connectivity index (χ2n) is 5.55. The normalized spacial score (nSPS) is 17.0. The summed E-state index contributed by atoms with van der Waals surface area (Å²) < 4.78 is 10.9. The smallest absolute Gasteiger partial charge is 0.126 e. The van der Waals surface area contributed by atoms with Crippen molar-refractivity contribution in [2.45, 2.75) is 37.8 Å². The van der Waals surface area contributed by atoms with Crippen molar-refractivity contribution in [1.82, 2.24) is 0 Å². The largest absolute Gasteiger partial charge is 0.491 e. The lowest BCUT2D eigenvalue weighted by atomic mass is 10.2. The summed E-state index contributed by atoms with van der Waals surface area (Å²) in [5, 5.41) is 12.8. The summed E-state index contributed by atoms with van der Waals surface area (Å²) in [6, 6.07) is 7.94. The van der Waals surface area contributed by atoms with Crippen molar-refractivity contribution in [1.29, 1.82) is 0 Å². The molecule has 4 nitrogen and oxygen atoms in total. The highest BCUT2D eigenvalue weighted by molar-refractivity contribution is 6.30. The Morgan fingerprint density at radius 2 is 1.90 bits per heavy atom. The maximum Gasteiger partial charge on any atom is 0.126 e. The van der Waals surface area contributed by atoms with Crippen molar-refractivity contribution in [2.24, 2.45) is 0 Å². The van der Waals surface area contributed by atoms with Gasteiger partial charge in [0.05, 0.1) is 19.3 Å². The molecule has 1 aliphatic rings. The fourth-order valence-electron chi connectivity index (χ4n) is 2.58. The molecule has 1 fully saturated rings. The first kappa shape index (κ1) is 16.6. The van der Waals surface area contributed by atoms with Gasteiger partial charge < -0.3 is 19.9 Å². The van der Waals surface area contributed by atoms with Crippen LogP contribution in [0.4, 0.5) is 0 Å². The molecule has 5 heteroatoms. The van der Waals surface area contributed by atoms with Crippen molar-refractivity contribution in [3.63, 3.8) is 0 Å². The fraction of sp³-hybridized carbons (Fsp3) is 0.625. The lowest BCUT2D eigenvalue weighted by Gasteiger charge is -2.13. The summed E-state index contributed by atoms with van der Waals surface area (Å²) in [4.78, 5) is 0. The highest BCUT2D eigenvalue weighted by Gasteiger charge is 2.19. The van der Waals surface area contributed by atoms with Crippen LogP contribution >= 0.6 is 11.6 Å². The van der Waals surface area contributed by atoms with Crippen LogP contribution in [-0.2, 0) is 4.74 Å². The van der Waals surface area contributed by atoms with Crippen LogP contribution < -0.4 is 10.1 Å². The summed E-state index contributed by atoms with van der Waals surface area (Å²) in [5.41, 5.74) is 0. The zero-order valence-electron chi connectivity index (χ0n) is 12.3. The number of hydrogen-bond acceptors (Lipinski definition) is 3. The molecule has 0 aliphatic heterocycles. The van der Waals surface area contributed by atoms with Crippen LogP contribution in [0, 0.1) is 0 Å². The predicted molar refractivity (Wildman–Crippen MR) is 82.8 cm³/mol. The molecular weight excluding hydrogens is 290 g/mol. The number of aliphatic hydroxyl groups excluding tert-OH is 1. The zero-order valence-corrected chi connectivity index (χ0v) is 13.1. The maximum absolute atomic E-state index is 9.84. The Hall–Kier alpha value is -0.810. The molecule has 0 radical (unpaired) electrons. The summed E-state index contributed by atoms with van der Waals surface area (Å²) in [6.07, 6.45) is 4.82. The SMILES string of the molecule is O[C@@H](C[NH2+]C1CCCC1)COCCOc1ccc(Cl)cc1. The van der Waals surface area contributed by atoms with Crippen molar-refractivity contribution in [3.8, 4) is 5.75 Å². The molecule has 0 heterocycles. The van der Waals surface area contributed by atoms with E-state index in [0.29, 0.717) is 30.9 Å². The van der Waals surface area contributed by atoms with E-state index in [4.69, 9.17) is 21.1 Å². The third-order valence-electron chi connectivity index (χ3n) is 3.76. The highest BCUT2D eigenvalue weighted by atomic mass is 35.5. The van der Waals surface area contributed by atoms with E-state index in [9.17, 15) is 5.11 Å². The van der Waals surface area contributed by atoms with Gasteiger partial charge in [-0.1, -0.05) is 11.6 Å². The Kier molecular flexibility index (Phi) is 7.30. The van der Waals surface area contributed by atoms with E-state index in [-0.39, 0.29) is 0 Å².